The van der Waals surface area contributed by atoms with Gasteiger partial charge in [-0.3, -0.25) is 0 Å². The van der Waals surface area contributed by atoms with Crippen molar-refractivity contribution in [2.45, 2.75) is 0 Å². The Hall–Kier alpha value is -1.66. The SMILES string of the molecule is Oc1cc2c(c(N3CCN(O)CC3)c1)OCCO2. The van der Waals surface area contributed by atoms with Crippen LogP contribution < -0.4 is 14.4 Å². The first-order valence-electron chi connectivity index (χ1n) is 6.05. The lowest BCUT2D eigenvalue weighted by Gasteiger charge is -2.34. The summed E-state index contributed by atoms with van der Waals surface area (Å²) in [6, 6.07) is 3.25. The van der Waals surface area contributed by atoms with Crippen molar-refractivity contribution in [1.82, 2.24) is 5.06 Å². The number of ether oxygens (including phenoxy) is 2. The summed E-state index contributed by atoms with van der Waals surface area (Å²) < 4.78 is 11.1. The van der Waals surface area contributed by atoms with Gasteiger partial charge in [0, 0.05) is 38.3 Å². The van der Waals surface area contributed by atoms with Gasteiger partial charge >= 0.3 is 0 Å². The van der Waals surface area contributed by atoms with E-state index in [-0.39, 0.29) is 5.75 Å². The van der Waals surface area contributed by atoms with E-state index in [9.17, 15) is 10.3 Å². The van der Waals surface area contributed by atoms with E-state index in [4.69, 9.17) is 9.47 Å². The molecular formula is C12H16N2O4. The molecule has 0 radical (unpaired) electrons. The highest BCUT2D eigenvalue weighted by atomic mass is 16.6. The van der Waals surface area contributed by atoms with Crippen LogP contribution in [0.15, 0.2) is 12.1 Å². The summed E-state index contributed by atoms with van der Waals surface area (Å²) >= 11 is 0. The van der Waals surface area contributed by atoms with Crippen molar-refractivity contribution < 1.29 is 19.8 Å². The second-order valence-electron chi connectivity index (χ2n) is 4.43. The largest absolute Gasteiger partial charge is 0.508 e. The van der Waals surface area contributed by atoms with Crippen molar-refractivity contribution in [1.29, 1.82) is 0 Å². The van der Waals surface area contributed by atoms with Crippen LogP contribution in [-0.2, 0) is 0 Å². The van der Waals surface area contributed by atoms with Gasteiger partial charge in [0.2, 0.25) is 0 Å². The van der Waals surface area contributed by atoms with E-state index < -0.39 is 0 Å². The molecule has 2 aliphatic heterocycles. The minimum absolute atomic E-state index is 0.167. The molecule has 0 saturated carbocycles. The van der Waals surface area contributed by atoms with Gasteiger partial charge in [-0.2, -0.15) is 5.06 Å². The molecule has 2 aliphatic rings. The highest BCUT2D eigenvalue weighted by Crippen LogP contribution is 2.43. The molecule has 3 rings (SSSR count). The van der Waals surface area contributed by atoms with Crippen molar-refractivity contribution in [2.75, 3.05) is 44.3 Å². The van der Waals surface area contributed by atoms with E-state index in [1.807, 2.05) is 0 Å². The zero-order valence-corrected chi connectivity index (χ0v) is 10.0. The number of piperazine rings is 1. The Morgan fingerprint density at radius 3 is 2.50 bits per heavy atom. The molecule has 0 spiro atoms. The summed E-state index contributed by atoms with van der Waals surface area (Å²) in [4.78, 5) is 2.08. The molecule has 2 heterocycles. The van der Waals surface area contributed by atoms with Crippen LogP contribution in [0.4, 0.5) is 5.69 Å². The Labute approximate surface area is 105 Å². The second-order valence-corrected chi connectivity index (χ2v) is 4.43. The van der Waals surface area contributed by atoms with Gasteiger partial charge in [0.15, 0.2) is 11.5 Å². The number of benzene rings is 1. The van der Waals surface area contributed by atoms with Gasteiger partial charge in [-0.05, 0) is 0 Å². The van der Waals surface area contributed by atoms with Crippen LogP contribution in [0.3, 0.4) is 0 Å². The first-order chi connectivity index (χ1) is 8.74. The summed E-state index contributed by atoms with van der Waals surface area (Å²) in [6.07, 6.45) is 0. The molecule has 0 atom stereocenters. The fraction of sp³-hybridized carbons (Fsp3) is 0.500. The molecule has 1 aromatic carbocycles. The molecule has 2 N–H and O–H groups in total. The van der Waals surface area contributed by atoms with Crippen LogP contribution in [-0.4, -0.2) is 54.8 Å². The minimum atomic E-state index is 0.167. The van der Waals surface area contributed by atoms with E-state index in [0.29, 0.717) is 50.9 Å². The third-order valence-corrected chi connectivity index (χ3v) is 3.20. The first kappa shape index (κ1) is 11.4. The second kappa shape index (κ2) is 4.55. The van der Waals surface area contributed by atoms with Gasteiger partial charge in [-0.25, -0.2) is 0 Å². The third-order valence-electron chi connectivity index (χ3n) is 3.20. The fourth-order valence-corrected chi connectivity index (χ4v) is 2.29. The van der Waals surface area contributed by atoms with Crippen LogP contribution in [0.25, 0.3) is 0 Å². The Kier molecular flexibility index (Phi) is 2.89. The average Bonchev–Trinajstić information content (AvgIpc) is 2.38. The molecule has 0 amide bonds. The highest BCUT2D eigenvalue weighted by molar-refractivity contribution is 5.68. The highest BCUT2D eigenvalue weighted by Gasteiger charge is 2.24. The van der Waals surface area contributed by atoms with E-state index >= 15 is 0 Å². The Morgan fingerprint density at radius 2 is 1.72 bits per heavy atom. The number of phenolic OH excluding ortho intramolecular Hbond substituents is 1. The molecular weight excluding hydrogens is 236 g/mol. The van der Waals surface area contributed by atoms with E-state index in [2.05, 4.69) is 4.90 Å². The number of aromatic hydroxyl groups is 1. The van der Waals surface area contributed by atoms with Crippen LogP contribution in [0.1, 0.15) is 0 Å². The Balaban J connectivity index is 1.93. The summed E-state index contributed by atoms with van der Waals surface area (Å²) in [5, 5.41) is 20.4. The molecule has 18 heavy (non-hydrogen) atoms. The van der Waals surface area contributed by atoms with Crippen molar-refractivity contribution in [3.63, 3.8) is 0 Å². The number of phenols is 1. The van der Waals surface area contributed by atoms with Crippen molar-refractivity contribution in [3.05, 3.63) is 12.1 Å². The predicted molar refractivity (Wildman–Crippen MR) is 64.7 cm³/mol. The monoisotopic (exact) mass is 252 g/mol. The molecule has 1 aromatic rings. The van der Waals surface area contributed by atoms with E-state index in [1.165, 1.54) is 5.06 Å². The van der Waals surface area contributed by atoms with Crippen LogP contribution in [0.5, 0.6) is 17.2 Å². The number of nitrogens with zero attached hydrogens (tertiary/aromatic N) is 2. The Bertz CT molecular complexity index is 444. The van der Waals surface area contributed by atoms with E-state index in [0.717, 1.165) is 5.69 Å². The maximum atomic E-state index is 9.73. The van der Waals surface area contributed by atoms with Crippen molar-refractivity contribution in [2.24, 2.45) is 0 Å². The van der Waals surface area contributed by atoms with Crippen LogP contribution in [0, 0.1) is 0 Å². The average molecular weight is 252 g/mol. The molecule has 1 saturated heterocycles. The number of fused-ring (bicyclic) bond motifs is 1. The maximum absolute atomic E-state index is 9.73. The molecule has 6 heteroatoms. The third kappa shape index (κ3) is 2.04. The standard InChI is InChI=1S/C12H16N2O4/c15-9-7-10(13-1-3-14(16)4-2-13)12-11(8-9)17-5-6-18-12/h7-8,15-16H,1-6H2. The lowest BCUT2D eigenvalue weighted by molar-refractivity contribution is -0.0936. The number of anilines is 1. The van der Waals surface area contributed by atoms with Gasteiger partial charge in [0.05, 0.1) is 5.69 Å². The lowest BCUT2D eigenvalue weighted by Crippen LogP contribution is -2.45. The van der Waals surface area contributed by atoms with Gasteiger partial charge in [0.25, 0.3) is 0 Å². The van der Waals surface area contributed by atoms with Gasteiger partial charge in [-0.1, -0.05) is 0 Å². The molecule has 6 nitrogen and oxygen atoms in total. The molecule has 98 valence electrons. The fourth-order valence-electron chi connectivity index (χ4n) is 2.29. The lowest BCUT2D eigenvalue weighted by atomic mass is 10.2. The molecule has 1 fully saturated rings. The summed E-state index contributed by atoms with van der Waals surface area (Å²) in [5.41, 5.74) is 0.831. The van der Waals surface area contributed by atoms with Gasteiger partial charge < -0.3 is 24.7 Å². The van der Waals surface area contributed by atoms with E-state index in [1.54, 1.807) is 12.1 Å². The molecule has 0 aliphatic carbocycles. The zero-order valence-electron chi connectivity index (χ0n) is 10.0. The molecule has 0 bridgehead atoms. The normalized spacial score (nSPS) is 19.9. The topological polar surface area (TPSA) is 65.4 Å². The first-order valence-corrected chi connectivity index (χ1v) is 6.05. The van der Waals surface area contributed by atoms with Gasteiger partial charge in [0.1, 0.15) is 19.0 Å². The number of hydrogen-bond donors (Lipinski definition) is 2. The van der Waals surface area contributed by atoms with Crippen molar-refractivity contribution in [3.8, 4) is 17.2 Å². The van der Waals surface area contributed by atoms with Crippen LogP contribution >= 0.6 is 0 Å². The molecule has 0 unspecified atom stereocenters. The van der Waals surface area contributed by atoms with Gasteiger partial charge in [-0.15, -0.1) is 0 Å². The summed E-state index contributed by atoms with van der Waals surface area (Å²) in [5.74, 6) is 1.44. The van der Waals surface area contributed by atoms with Crippen LogP contribution in [0.2, 0.25) is 0 Å². The Morgan fingerprint density at radius 1 is 1.00 bits per heavy atom. The quantitative estimate of drug-likeness (QED) is 0.766. The number of hydroxylamine groups is 2. The number of rotatable bonds is 1. The summed E-state index contributed by atoms with van der Waals surface area (Å²) in [6.45, 7) is 3.55. The number of hydrogen-bond acceptors (Lipinski definition) is 6. The predicted octanol–water partition coefficient (Wildman–Crippen LogP) is 0.675. The molecule has 0 aromatic heterocycles. The smallest absolute Gasteiger partial charge is 0.184 e. The zero-order chi connectivity index (χ0) is 12.5. The minimum Gasteiger partial charge on any atom is -0.508 e. The van der Waals surface area contributed by atoms with Crippen molar-refractivity contribution >= 4 is 5.69 Å². The maximum Gasteiger partial charge on any atom is 0.184 e. The summed E-state index contributed by atoms with van der Waals surface area (Å²) in [7, 11) is 0.